The van der Waals surface area contributed by atoms with E-state index in [0.29, 0.717) is 13.2 Å². The summed E-state index contributed by atoms with van der Waals surface area (Å²) < 4.78 is 5.04. The van der Waals surface area contributed by atoms with Crippen molar-refractivity contribution in [1.29, 1.82) is 0 Å². The number of rotatable bonds is 7. The number of benzene rings is 1. The zero-order chi connectivity index (χ0) is 15.8. The van der Waals surface area contributed by atoms with Gasteiger partial charge in [0, 0.05) is 13.2 Å². The maximum atomic E-state index is 12.0. The number of hydrogen-bond acceptors (Lipinski definition) is 3. The average Bonchev–Trinajstić information content (AvgIpc) is 2.50. The van der Waals surface area contributed by atoms with E-state index in [1.807, 2.05) is 6.92 Å². The van der Waals surface area contributed by atoms with Gasteiger partial charge in [0.15, 0.2) is 0 Å². The summed E-state index contributed by atoms with van der Waals surface area (Å²) in [5, 5.41) is 2.97. The Kier molecular flexibility index (Phi) is 6.87. The summed E-state index contributed by atoms with van der Waals surface area (Å²) in [5.41, 5.74) is 1.42. The van der Waals surface area contributed by atoms with Gasteiger partial charge in [0.1, 0.15) is 0 Å². The Bertz CT molecular complexity index is 442. The number of nitrogens with one attached hydrogen (secondary N) is 1. The fourth-order valence-electron chi connectivity index (χ4n) is 3.11. The molecule has 1 aliphatic rings. The van der Waals surface area contributed by atoms with Gasteiger partial charge in [-0.05, 0) is 50.8 Å². The van der Waals surface area contributed by atoms with Crippen LogP contribution in [0.25, 0.3) is 0 Å². The number of carbonyl (C=O) groups excluding carboxylic acids is 1. The number of hydrogen-bond donors (Lipinski definition) is 1. The zero-order valence-corrected chi connectivity index (χ0v) is 13.8. The average molecular weight is 304 g/mol. The second-order valence-corrected chi connectivity index (χ2v) is 6.33. The Labute approximate surface area is 133 Å². The van der Waals surface area contributed by atoms with Gasteiger partial charge in [-0.15, -0.1) is 0 Å². The monoisotopic (exact) mass is 304 g/mol. The number of methoxy groups -OCH3 is 1. The number of nitrogens with zero attached hydrogens (tertiary/aromatic N) is 1. The lowest BCUT2D eigenvalue weighted by Crippen LogP contribution is -2.45. The molecule has 0 aromatic heterocycles. The smallest absolute Gasteiger partial charge is 0.234 e. The molecular weight excluding hydrogens is 276 g/mol. The zero-order valence-electron chi connectivity index (χ0n) is 13.8. The Hall–Kier alpha value is -1.39. The molecule has 4 heteroatoms. The molecule has 0 unspecified atom stereocenters. The molecule has 0 saturated carbocycles. The summed E-state index contributed by atoms with van der Waals surface area (Å²) in [6.07, 6.45) is 3.51. The molecule has 0 radical (unpaired) electrons. The number of piperidine rings is 1. The molecule has 0 aliphatic carbocycles. The lowest BCUT2D eigenvalue weighted by Gasteiger charge is -2.31. The van der Waals surface area contributed by atoms with Gasteiger partial charge in [-0.1, -0.05) is 30.3 Å². The molecule has 0 bridgehead atoms. The van der Waals surface area contributed by atoms with Crippen LogP contribution in [0.5, 0.6) is 0 Å². The van der Waals surface area contributed by atoms with Crippen molar-refractivity contribution in [2.75, 3.05) is 33.4 Å². The molecule has 1 aromatic rings. The number of likely N-dealkylation sites (tertiary alicyclic amines) is 1. The summed E-state index contributed by atoms with van der Waals surface area (Å²) >= 11 is 0. The third-order valence-corrected chi connectivity index (χ3v) is 4.27. The van der Waals surface area contributed by atoms with Crippen LogP contribution in [0.1, 0.15) is 25.3 Å². The van der Waals surface area contributed by atoms with Crippen molar-refractivity contribution in [2.24, 2.45) is 5.92 Å². The Morgan fingerprint density at radius 2 is 2.00 bits per heavy atom. The van der Waals surface area contributed by atoms with Crippen LogP contribution in [0.3, 0.4) is 0 Å². The van der Waals surface area contributed by atoms with Gasteiger partial charge in [-0.2, -0.15) is 0 Å². The van der Waals surface area contributed by atoms with Gasteiger partial charge in [0.2, 0.25) is 5.91 Å². The first-order valence-corrected chi connectivity index (χ1v) is 8.22. The Morgan fingerprint density at radius 1 is 1.32 bits per heavy atom. The Balaban J connectivity index is 1.67. The molecule has 0 spiro atoms. The van der Waals surface area contributed by atoms with Crippen molar-refractivity contribution < 1.29 is 9.53 Å². The highest BCUT2D eigenvalue weighted by molar-refractivity contribution is 5.78. The van der Waals surface area contributed by atoms with E-state index in [9.17, 15) is 4.79 Å². The number of carbonyl (C=O) groups is 1. The fraction of sp³-hybridized carbons (Fsp3) is 0.611. The number of ether oxygens (including phenoxy) is 1. The highest BCUT2D eigenvalue weighted by Crippen LogP contribution is 2.21. The van der Waals surface area contributed by atoms with Crippen molar-refractivity contribution in [2.45, 2.75) is 32.2 Å². The van der Waals surface area contributed by atoms with Crippen LogP contribution in [0.15, 0.2) is 30.3 Å². The molecule has 1 amide bonds. The molecular formula is C18H28N2O2. The minimum atomic E-state index is 0.0770. The van der Waals surface area contributed by atoms with Gasteiger partial charge >= 0.3 is 0 Å². The summed E-state index contributed by atoms with van der Waals surface area (Å²) in [7, 11) is 1.65. The van der Waals surface area contributed by atoms with Crippen LogP contribution in [-0.2, 0) is 16.0 Å². The normalized spacial score (nSPS) is 18.1. The highest BCUT2D eigenvalue weighted by Gasteiger charge is 2.21. The third kappa shape index (κ3) is 5.78. The summed E-state index contributed by atoms with van der Waals surface area (Å²) in [5.74, 6) is 0.847. The van der Waals surface area contributed by atoms with Crippen LogP contribution >= 0.6 is 0 Å². The summed E-state index contributed by atoms with van der Waals surface area (Å²) in [6, 6.07) is 10.8. The predicted molar refractivity (Wildman–Crippen MR) is 88.8 cm³/mol. The van der Waals surface area contributed by atoms with E-state index in [1.165, 1.54) is 18.4 Å². The van der Waals surface area contributed by atoms with Crippen molar-refractivity contribution in [3.8, 4) is 0 Å². The van der Waals surface area contributed by atoms with Gasteiger partial charge < -0.3 is 10.1 Å². The minimum Gasteiger partial charge on any atom is -0.383 e. The first-order valence-electron chi connectivity index (χ1n) is 8.22. The fourth-order valence-corrected chi connectivity index (χ4v) is 3.11. The molecule has 2 rings (SSSR count). The van der Waals surface area contributed by atoms with Crippen LogP contribution < -0.4 is 5.32 Å². The second-order valence-electron chi connectivity index (χ2n) is 6.33. The lowest BCUT2D eigenvalue weighted by molar-refractivity contribution is -0.123. The van der Waals surface area contributed by atoms with Gasteiger partial charge in [-0.3, -0.25) is 9.69 Å². The van der Waals surface area contributed by atoms with Gasteiger partial charge in [0.25, 0.3) is 0 Å². The lowest BCUT2D eigenvalue weighted by atomic mass is 9.90. The van der Waals surface area contributed by atoms with E-state index in [1.54, 1.807) is 7.11 Å². The van der Waals surface area contributed by atoms with E-state index in [4.69, 9.17) is 4.74 Å². The first kappa shape index (κ1) is 17.0. The third-order valence-electron chi connectivity index (χ3n) is 4.27. The van der Waals surface area contributed by atoms with Crippen LogP contribution in [-0.4, -0.2) is 50.2 Å². The van der Waals surface area contributed by atoms with Gasteiger partial charge in [0.05, 0.1) is 13.2 Å². The van der Waals surface area contributed by atoms with E-state index in [-0.39, 0.29) is 11.9 Å². The molecule has 122 valence electrons. The van der Waals surface area contributed by atoms with Crippen molar-refractivity contribution in [1.82, 2.24) is 10.2 Å². The van der Waals surface area contributed by atoms with Gasteiger partial charge in [-0.25, -0.2) is 0 Å². The molecule has 1 atom stereocenters. The van der Waals surface area contributed by atoms with E-state index in [2.05, 4.69) is 40.5 Å². The molecule has 22 heavy (non-hydrogen) atoms. The molecule has 1 heterocycles. The van der Waals surface area contributed by atoms with Crippen LogP contribution in [0.2, 0.25) is 0 Å². The topological polar surface area (TPSA) is 41.6 Å². The minimum absolute atomic E-state index is 0.0770. The second kappa shape index (κ2) is 8.91. The van der Waals surface area contributed by atoms with E-state index < -0.39 is 0 Å². The van der Waals surface area contributed by atoms with Crippen LogP contribution in [0, 0.1) is 5.92 Å². The molecule has 4 nitrogen and oxygen atoms in total. The molecule has 1 saturated heterocycles. The largest absolute Gasteiger partial charge is 0.383 e. The van der Waals surface area contributed by atoms with Crippen molar-refractivity contribution in [3.05, 3.63) is 35.9 Å². The maximum Gasteiger partial charge on any atom is 0.234 e. The SMILES string of the molecule is COC[C@H](C)NC(=O)CN1CCC(Cc2ccccc2)CC1. The van der Waals surface area contributed by atoms with E-state index >= 15 is 0 Å². The quantitative estimate of drug-likeness (QED) is 0.839. The van der Waals surface area contributed by atoms with Crippen LogP contribution in [0.4, 0.5) is 0 Å². The summed E-state index contributed by atoms with van der Waals surface area (Å²) in [4.78, 5) is 14.2. The molecule has 1 N–H and O–H groups in total. The maximum absolute atomic E-state index is 12.0. The van der Waals surface area contributed by atoms with Crippen molar-refractivity contribution in [3.63, 3.8) is 0 Å². The van der Waals surface area contributed by atoms with E-state index in [0.717, 1.165) is 25.4 Å². The Morgan fingerprint density at radius 3 is 2.64 bits per heavy atom. The molecule has 1 aliphatic heterocycles. The highest BCUT2D eigenvalue weighted by atomic mass is 16.5. The van der Waals surface area contributed by atoms with Crippen molar-refractivity contribution >= 4 is 5.91 Å². The standard InChI is InChI=1S/C18H28N2O2/c1-15(14-22-2)19-18(21)13-20-10-8-17(9-11-20)12-16-6-4-3-5-7-16/h3-7,15,17H,8-14H2,1-2H3,(H,19,21)/t15-/m0/s1. The predicted octanol–water partition coefficient (Wildman–Crippen LogP) is 2.09. The first-order chi connectivity index (χ1) is 10.7. The number of amides is 1. The molecule has 1 aromatic carbocycles. The summed E-state index contributed by atoms with van der Waals surface area (Å²) in [6.45, 7) is 5.07. The molecule has 1 fully saturated rings.